The highest BCUT2D eigenvalue weighted by Crippen LogP contribution is 2.42. The molecule has 2 nitrogen and oxygen atoms in total. The van der Waals surface area contributed by atoms with E-state index in [2.05, 4.69) is 217 Å². The maximum atomic E-state index is 6.53. The van der Waals surface area contributed by atoms with E-state index >= 15 is 0 Å². The Bertz CT molecular complexity index is 3240. The summed E-state index contributed by atoms with van der Waals surface area (Å²) in [6.45, 7) is 0. The molecular formula is C54H35NO. The summed E-state index contributed by atoms with van der Waals surface area (Å²) < 4.78 is 6.53. The van der Waals surface area contributed by atoms with E-state index in [4.69, 9.17) is 4.42 Å². The van der Waals surface area contributed by atoms with Crippen molar-refractivity contribution in [1.82, 2.24) is 0 Å². The average molecular weight is 714 g/mol. The van der Waals surface area contributed by atoms with Crippen LogP contribution in [0.2, 0.25) is 0 Å². The molecule has 1 heterocycles. The topological polar surface area (TPSA) is 16.4 Å². The molecule has 2 heteroatoms. The van der Waals surface area contributed by atoms with Gasteiger partial charge in [0.15, 0.2) is 0 Å². The quantitative estimate of drug-likeness (QED) is 0.171. The first-order valence-corrected chi connectivity index (χ1v) is 19.2. The fourth-order valence-corrected chi connectivity index (χ4v) is 8.49. The minimum absolute atomic E-state index is 0.899. The number of fused-ring (bicyclic) bond motifs is 7. The van der Waals surface area contributed by atoms with Crippen LogP contribution in [0.15, 0.2) is 217 Å². The van der Waals surface area contributed by atoms with E-state index in [1.54, 1.807) is 0 Å². The van der Waals surface area contributed by atoms with Crippen LogP contribution >= 0.6 is 0 Å². The number of rotatable bonds is 6. The van der Waals surface area contributed by atoms with Crippen LogP contribution in [0, 0.1) is 0 Å². The molecule has 262 valence electrons. The van der Waals surface area contributed by atoms with E-state index in [1.807, 2.05) is 0 Å². The van der Waals surface area contributed by atoms with E-state index in [0.29, 0.717) is 0 Å². The van der Waals surface area contributed by atoms with Crippen molar-refractivity contribution in [2.75, 3.05) is 4.90 Å². The van der Waals surface area contributed by atoms with E-state index in [-0.39, 0.29) is 0 Å². The summed E-state index contributed by atoms with van der Waals surface area (Å²) in [6, 6.07) is 76.5. The van der Waals surface area contributed by atoms with Crippen LogP contribution in [0.1, 0.15) is 0 Å². The summed E-state index contributed by atoms with van der Waals surface area (Å²) in [5.41, 5.74) is 12.2. The van der Waals surface area contributed by atoms with Gasteiger partial charge in [0.25, 0.3) is 0 Å². The van der Waals surface area contributed by atoms with Crippen LogP contribution in [-0.2, 0) is 0 Å². The second-order valence-electron chi connectivity index (χ2n) is 14.5. The van der Waals surface area contributed by atoms with Gasteiger partial charge < -0.3 is 9.32 Å². The van der Waals surface area contributed by atoms with Gasteiger partial charge in [-0.25, -0.2) is 0 Å². The fourth-order valence-electron chi connectivity index (χ4n) is 8.49. The lowest BCUT2D eigenvalue weighted by molar-refractivity contribution is 0.673. The highest BCUT2D eigenvalue weighted by Gasteiger charge is 2.18. The second kappa shape index (κ2) is 13.2. The van der Waals surface area contributed by atoms with Crippen LogP contribution in [0.5, 0.6) is 0 Å². The Kier molecular flexibility index (Phi) is 7.53. The normalized spacial score (nSPS) is 11.6. The minimum atomic E-state index is 0.899. The lowest BCUT2D eigenvalue weighted by Gasteiger charge is -2.26. The van der Waals surface area contributed by atoms with Gasteiger partial charge in [-0.05, 0) is 115 Å². The molecule has 0 atom stereocenters. The van der Waals surface area contributed by atoms with Crippen LogP contribution in [-0.4, -0.2) is 0 Å². The maximum absolute atomic E-state index is 6.53. The molecule has 0 bridgehead atoms. The molecule has 0 aliphatic heterocycles. The number of hydrogen-bond acceptors (Lipinski definition) is 2. The summed E-state index contributed by atoms with van der Waals surface area (Å²) in [6.07, 6.45) is 0. The lowest BCUT2D eigenvalue weighted by Crippen LogP contribution is -2.10. The van der Waals surface area contributed by atoms with Crippen LogP contribution < -0.4 is 4.90 Å². The fraction of sp³-hybridized carbons (Fsp3) is 0. The molecule has 0 aliphatic carbocycles. The predicted molar refractivity (Wildman–Crippen MR) is 237 cm³/mol. The van der Waals surface area contributed by atoms with Gasteiger partial charge in [0.2, 0.25) is 0 Å². The van der Waals surface area contributed by atoms with Gasteiger partial charge >= 0.3 is 0 Å². The molecule has 0 spiro atoms. The van der Waals surface area contributed by atoms with E-state index in [9.17, 15) is 0 Å². The Morgan fingerprint density at radius 3 is 1.70 bits per heavy atom. The molecule has 0 fully saturated rings. The van der Waals surface area contributed by atoms with E-state index < -0.39 is 0 Å². The summed E-state index contributed by atoms with van der Waals surface area (Å²) in [5.74, 6) is 0. The van der Waals surface area contributed by atoms with Crippen LogP contribution in [0.3, 0.4) is 0 Å². The van der Waals surface area contributed by atoms with Gasteiger partial charge in [0.05, 0.1) is 0 Å². The zero-order valence-corrected chi connectivity index (χ0v) is 30.6. The number of hydrogen-bond donors (Lipinski definition) is 0. The van der Waals surface area contributed by atoms with Crippen molar-refractivity contribution in [3.05, 3.63) is 212 Å². The first-order valence-electron chi connectivity index (χ1n) is 19.2. The van der Waals surface area contributed by atoms with Gasteiger partial charge in [-0.1, -0.05) is 158 Å². The summed E-state index contributed by atoms with van der Waals surface area (Å²) in [7, 11) is 0. The molecule has 1 aromatic heterocycles. The van der Waals surface area contributed by atoms with Crippen molar-refractivity contribution < 1.29 is 4.42 Å². The third-order valence-electron chi connectivity index (χ3n) is 11.2. The van der Waals surface area contributed by atoms with E-state index in [0.717, 1.165) is 55.5 Å². The van der Waals surface area contributed by atoms with Crippen molar-refractivity contribution in [2.24, 2.45) is 0 Å². The number of furan rings is 1. The van der Waals surface area contributed by atoms with Crippen molar-refractivity contribution >= 4 is 71.3 Å². The molecule has 0 radical (unpaired) electrons. The first kappa shape index (κ1) is 32.0. The third-order valence-corrected chi connectivity index (χ3v) is 11.2. The molecule has 0 unspecified atom stereocenters. The molecule has 11 rings (SSSR count). The Morgan fingerprint density at radius 1 is 0.304 bits per heavy atom. The molecular weight excluding hydrogens is 679 g/mol. The standard InChI is InChI=1S/C54H35NO/c1-2-13-41-34-42(23-22-36(41)10-1)37-24-29-44(30-25-37)55(46-16-7-15-43(35-46)48-19-8-14-38-11-3-5-17-47(38)48)45-31-26-40(27-32-45)49-20-9-21-52-53(49)51-33-28-39-12-4-6-18-50(39)54(51)56-52/h1-35H. The third kappa shape index (κ3) is 5.42. The first-order chi connectivity index (χ1) is 27.7. The Hall–Kier alpha value is -7.42. The zero-order valence-electron chi connectivity index (χ0n) is 30.6. The second-order valence-corrected chi connectivity index (χ2v) is 14.5. The minimum Gasteiger partial charge on any atom is -0.455 e. The smallest absolute Gasteiger partial charge is 0.143 e. The number of nitrogens with zero attached hydrogens (tertiary/aromatic N) is 1. The molecule has 11 aromatic rings. The van der Waals surface area contributed by atoms with Crippen molar-refractivity contribution in [1.29, 1.82) is 0 Å². The number of benzene rings is 10. The molecule has 56 heavy (non-hydrogen) atoms. The Labute approximate surface area is 325 Å². The SMILES string of the molecule is c1cc(-c2cccc3ccccc23)cc(N(c2ccc(-c3ccc4ccccc4c3)cc2)c2ccc(-c3cccc4oc5c6ccccc6ccc5c34)cc2)c1. The molecule has 0 saturated heterocycles. The van der Waals surface area contributed by atoms with E-state index in [1.165, 1.54) is 49.2 Å². The number of anilines is 3. The molecule has 0 N–H and O–H groups in total. The summed E-state index contributed by atoms with van der Waals surface area (Å²) in [4.78, 5) is 2.36. The van der Waals surface area contributed by atoms with Gasteiger partial charge in [0, 0.05) is 33.2 Å². The zero-order chi connectivity index (χ0) is 37.0. The Balaban J connectivity index is 1.03. The summed E-state index contributed by atoms with van der Waals surface area (Å²) in [5, 5.41) is 9.57. The summed E-state index contributed by atoms with van der Waals surface area (Å²) >= 11 is 0. The van der Waals surface area contributed by atoms with Crippen LogP contribution in [0.25, 0.3) is 87.6 Å². The molecule has 0 amide bonds. The van der Waals surface area contributed by atoms with Crippen molar-refractivity contribution in [2.45, 2.75) is 0 Å². The molecule has 0 aliphatic rings. The highest BCUT2D eigenvalue weighted by molar-refractivity contribution is 6.19. The molecule has 0 saturated carbocycles. The average Bonchev–Trinajstić information content (AvgIpc) is 3.67. The van der Waals surface area contributed by atoms with Gasteiger partial charge in [-0.3, -0.25) is 0 Å². The highest BCUT2D eigenvalue weighted by atomic mass is 16.3. The maximum Gasteiger partial charge on any atom is 0.143 e. The van der Waals surface area contributed by atoms with Gasteiger partial charge in [0.1, 0.15) is 11.2 Å². The monoisotopic (exact) mass is 713 g/mol. The predicted octanol–water partition coefficient (Wildman–Crippen LogP) is 15.5. The van der Waals surface area contributed by atoms with Gasteiger partial charge in [-0.15, -0.1) is 0 Å². The lowest BCUT2D eigenvalue weighted by atomic mass is 9.97. The molecule has 10 aromatic carbocycles. The van der Waals surface area contributed by atoms with Gasteiger partial charge in [-0.2, -0.15) is 0 Å². The largest absolute Gasteiger partial charge is 0.455 e. The van der Waals surface area contributed by atoms with Crippen LogP contribution in [0.4, 0.5) is 17.1 Å². The van der Waals surface area contributed by atoms with Crippen molar-refractivity contribution in [3.63, 3.8) is 0 Å². The van der Waals surface area contributed by atoms with Crippen molar-refractivity contribution in [3.8, 4) is 33.4 Å². The Morgan fingerprint density at radius 2 is 0.893 bits per heavy atom.